The number of unbranched alkanes of at least 4 members (excludes halogenated alkanes) is 5. The van der Waals surface area contributed by atoms with Crippen LogP contribution in [0.25, 0.3) is 0 Å². The fourth-order valence-electron chi connectivity index (χ4n) is 4.21. The molecule has 0 fully saturated rings. The summed E-state index contributed by atoms with van der Waals surface area (Å²) in [5.41, 5.74) is -1.36. The molecule has 0 aromatic heterocycles. The smallest absolute Gasteiger partial charge is 0.337 e. The SMILES string of the molecule is CCCCCCCC[N+](CCC)(CCC)c1c([N+](=O)[O-])cc(C(=O)O)cc1[N+](=O)[O-]. The van der Waals surface area contributed by atoms with Crippen molar-refractivity contribution in [2.24, 2.45) is 0 Å². The number of carbonyl (C=O) groups is 1. The van der Waals surface area contributed by atoms with Gasteiger partial charge in [0, 0.05) is 12.1 Å². The first-order valence-corrected chi connectivity index (χ1v) is 10.8. The van der Waals surface area contributed by atoms with Crippen molar-refractivity contribution < 1.29 is 19.7 Å². The van der Waals surface area contributed by atoms with E-state index in [1.165, 1.54) is 0 Å². The number of hydrogen-bond acceptors (Lipinski definition) is 5. The lowest BCUT2D eigenvalue weighted by Gasteiger charge is -2.37. The Morgan fingerprint density at radius 3 is 1.70 bits per heavy atom. The van der Waals surface area contributed by atoms with E-state index in [2.05, 4.69) is 6.92 Å². The number of nitro groups is 2. The zero-order valence-corrected chi connectivity index (χ0v) is 18.3. The van der Waals surface area contributed by atoms with Gasteiger partial charge in [-0.15, -0.1) is 0 Å². The number of nitrogens with zero attached hydrogens (tertiary/aromatic N) is 3. The molecule has 0 saturated heterocycles. The third-order valence-electron chi connectivity index (χ3n) is 5.43. The van der Waals surface area contributed by atoms with Gasteiger partial charge in [-0.2, -0.15) is 0 Å². The fraction of sp³-hybridized carbons (Fsp3) is 0.667. The molecule has 0 aliphatic rings. The Bertz CT molecular complexity index is 709. The minimum atomic E-state index is -1.42. The zero-order valence-electron chi connectivity index (χ0n) is 18.3. The molecule has 0 saturated carbocycles. The molecule has 168 valence electrons. The average Bonchev–Trinajstić information content (AvgIpc) is 2.69. The highest BCUT2D eigenvalue weighted by Crippen LogP contribution is 2.43. The normalized spacial score (nSPS) is 11.4. The molecule has 0 unspecified atom stereocenters. The lowest BCUT2D eigenvalue weighted by atomic mass is 10.0. The quantitative estimate of drug-likeness (QED) is 0.167. The van der Waals surface area contributed by atoms with E-state index in [9.17, 15) is 30.1 Å². The number of nitro benzene ring substituents is 2. The summed E-state index contributed by atoms with van der Waals surface area (Å²) in [6, 6.07) is 1.93. The van der Waals surface area contributed by atoms with Crippen molar-refractivity contribution in [1.82, 2.24) is 4.48 Å². The molecule has 9 nitrogen and oxygen atoms in total. The molecule has 0 spiro atoms. The van der Waals surface area contributed by atoms with Crippen LogP contribution in [0.4, 0.5) is 17.1 Å². The molecule has 1 aromatic carbocycles. The van der Waals surface area contributed by atoms with Gasteiger partial charge in [0.1, 0.15) is 0 Å². The van der Waals surface area contributed by atoms with Gasteiger partial charge in [-0.05, 0) is 25.7 Å². The van der Waals surface area contributed by atoms with E-state index in [-0.39, 0.29) is 10.2 Å². The van der Waals surface area contributed by atoms with Crippen LogP contribution in [-0.4, -0.2) is 40.6 Å². The molecule has 0 aliphatic carbocycles. The highest BCUT2D eigenvalue weighted by Gasteiger charge is 2.44. The molecule has 1 N–H and O–H groups in total. The van der Waals surface area contributed by atoms with E-state index in [0.29, 0.717) is 32.5 Å². The van der Waals surface area contributed by atoms with Crippen LogP contribution < -0.4 is 4.48 Å². The lowest BCUT2D eigenvalue weighted by Crippen LogP contribution is -2.51. The van der Waals surface area contributed by atoms with E-state index in [1.807, 2.05) is 13.8 Å². The third kappa shape index (κ3) is 6.48. The molecular formula is C21H34N3O6+. The van der Waals surface area contributed by atoms with Crippen LogP contribution in [0.1, 0.15) is 82.5 Å². The molecule has 0 amide bonds. The Balaban J connectivity index is 3.54. The molecule has 0 atom stereocenters. The number of carboxylic acids is 1. The summed E-state index contributed by atoms with van der Waals surface area (Å²) in [7, 11) is 0. The Morgan fingerprint density at radius 1 is 0.833 bits per heavy atom. The van der Waals surface area contributed by atoms with E-state index in [1.54, 1.807) is 0 Å². The summed E-state index contributed by atoms with van der Waals surface area (Å²) in [5, 5.41) is 33.0. The average molecular weight is 425 g/mol. The second kappa shape index (κ2) is 12.2. The largest absolute Gasteiger partial charge is 0.478 e. The van der Waals surface area contributed by atoms with Crippen LogP contribution in [0.2, 0.25) is 0 Å². The van der Waals surface area contributed by atoms with Gasteiger partial charge < -0.3 is 5.11 Å². The second-order valence-corrected chi connectivity index (χ2v) is 7.77. The van der Waals surface area contributed by atoms with Gasteiger partial charge in [0.25, 0.3) is 5.69 Å². The molecule has 1 aromatic rings. The van der Waals surface area contributed by atoms with Crippen molar-refractivity contribution >= 4 is 23.0 Å². The van der Waals surface area contributed by atoms with Crippen LogP contribution in [0.3, 0.4) is 0 Å². The topological polar surface area (TPSA) is 124 Å². The van der Waals surface area contributed by atoms with Crippen molar-refractivity contribution in [3.05, 3.63) is 37.9 Å². The molecule has 0 heterocycles. The lowest BCUT2D eigenvalue weighted by molar-refractivity contribution is -0.394. The van der Waals surface area contributed by atoms with E-state index >= 15 is 0 Å². The minimum Gasteiger partial charge on any atom is -0.478 e. The first kappa shape index (κ1) is 25.5. The van der Waals surface area contributed by atoms with E-state index in [4.69, 9.17) is 0 Å². The number of benzene rings is 1. The number of hydrogen-bond donors (Lipinski definition) is 1. The maximum atomic E-state index is 11.9. The Kier molecular flexibility index (Phi) is 10.4. The molecule has 1 rings (SSSR count). The molecule has 0 aliphatic heterocycles. The van der Waals surface area contributed by atoms with Gasteiger partial charge in [0.15, 0.2) is 0 Å². The molecular weight excluding hydrogens is 390 g/mol. The fourth-order valence-corrected chi connectivity index (χ4v) is 4.21. The summed E-state index contributed by atoms with van der Waals surface area (Å²) in [5.74, 6) is -1.42. The molecule has 0 bridgehead atoms. The van der Waals surface area contributed by atoms with Crippen LogP contribution >= 0.6 is 0 Å². The van der Waals surface area contributed by atoms with Gasteiger partial charge in [-0.1, -0.05) is 46.5 Å². The molecule has 0 radical (unpaired) electrons. The van der Waals surface area contributed by atoms with Crippen LogP contribution in [0, 0.1) is 20.2 Å². The Morgan fingerprint density at radius 2 is 1.30 bits per heavy atom. The van der Waals surface area contributed by atoms with E-state index < -0.39 is 32.8 Å². The zero-order chi connectivity index (χ0) is 22.7. The summed E-state index contributed by atoms with van der Waals surface area (Å²) in [6.07, 6.45) is 7.66. The number of rotatable bonds is 15. The van der Waals surface area contributed by atoms with Crippen LogP contribution in [0.5, 0.6) is 0 Å². The monoisotopic (exact) mass is 424 g/mol. The predicted molar refractivity (Wildman–Crippen MR) is 117 cm³/mol. The first-order valence-electron chi connectivity index (χ1n) is 10.8. The summed E-state index contributed by atoms with van der Waals surface area (Å²) >= 11 is 0. The second-order valence-electron chi connectivity index (χ2n) is 7.77. The summed E-state index contributed by atoms with van der Waals surface area (Å²) in [6.45, 7) is 7.65. The number of carboxylic acid groups (broad SMARTS) is 1. The van der Waals surface area contributed by atoms with Crippen molar-refractivity contribution in [3.63, 3.8) is 0 Å². The van der Waals surface area contributed by atoms with Crippen molar-refractivity contribution in [3.8, 4) is 0 Å². The highest BCUT2D eigenvalue weighted by atomic mass is 16.6. The highest BCUT2D eigenvalue weighted by molar-refractivity contribution is 5.92. The minimum absolute atomic E-state index is 0.0345. The van der Waals surface area contributed by atoms with Gasteiger partial charge in [-0.3, -0.25) is 24.7 Å². The number of aromatic carboxylic acids is 1. The predicted octanol–water partition coefficient (Wildman–Crippen LogP) is 5.69. The maximum absolute atomic E-state index is 11.9. The maximum Gasteiger partial charge on any atom is 0.337 e. The standard InChI is InChI=1S/C21H33N3O6/c1-4-7-8-9-10-11-14-24(12-5-2,13-6-3)20-18(22(27)28)15-17(21(25)26)16-19(20)23(29)30/h15-16H,4-14H2,1-3H3/p+1. The Labute approximate surface area is 177 Å². The van der Waals surface area contributed by atoms with Gasteiger partial charge >= 0.3 is 17.3 Å². The van der Waals surface area contributed by atoms with Gasteiger partial charge in [-0.25, -0.2) is 4.79 Å². The van der Waals surface area contributed by atoms with Gasteiger partial charge in [0.05, 0.1) is 35.0 Å². The van der Waals surface area contributed by atoms with Crippen LogP contribution in [-0.2, 0) is 0 Å². The van der Waals surface area contributed by atoms with E-state index in [0.717, 1.165) is 50.7 Å². The number of quaternary nitrogens is 1. The van der Waals surface area contributed by atoms with Crippen molar-refractivity contribution in [1.29, 1.82) is 0 Å². The first-order chi connectivity index (χ1) is 14.2. The van der Waals surface area contributed by atoms with Gasteiger partial charge in [0.2, 0.25) is 0 Å². The van der Waals surface area contributed by atoms with Crippen molar-refractivity contribution in [2.45, 2.75) is 72.1 Å². The Hall–Kier alpha value is -2.55. The van der Waals surface area contributed by atoms with Crippen molar-refractivity contribution in [2.75, 3.05) is 19.6 Å². The summed E-state index contributed by atoms with van der Waals surface area (Å²) < 4.78 is 0.132. The molecule has 9 heteroatoms. The summed E-state index contributed by atoms with van der Waals surface area (Å²) in [4.78, 5) is 33.7. The molecule has 30 heavy (non-hydrogen) atoms. The third-order valence-corrected chi connectivity index (χ3v) is 5.43. The van der Waals surface area contributed by atoms with Crippen LogP contribution in [0.15, 0.2) is 12.1 Å².